The van der Waals surface area contributed by atoms with Crippen molar-refractivity contribution in [3.63, 3.8) is 0 Å². The van der Waals surface area contributed by atoms with Crippen molar-refractivity contribution in [1.82, 2.24) is 20.1 Å². The van der Waals surface area contributed by atoms with Crippen LogP contribution >= 0.6 is 11.3 Å². The molecule has 1 atom stereocenters. The van der Waals surface area contributed by atoms with Gasteiger partial charge in [-0.15, -0.1) is 11.3 Å². The van der Waals surface area contributed by atoms with Gasteiger partial charge in [0.2, 0.25) is 5.91 Å². The van der Waals surface area contributed by atoms with Crippen molar-refractivity contribution in [2.75, 3.05) is 26.2 Å². The first-order valence-electron chi connectivity index (χ1n) is 9.06. The number of carbonyl (C=O) groups excluding carboxylic acids is 3. The lowest BCUT2D eigenvalue weighted by Crippen LogP contribution is -2.46. The van der Waals surface area contributed by atoms with E-state index >= 15 is 0 Å². The highest BCUT2D eigenvalue weighted by Crippen LogP contribution is 2.20. The Bertz CT molecular complexity index is 800. The molecule has 2 aromatic rings. The van der Waals surface area contributed by atoms with Gasteiger partial charge in [0.05, 0.1) is 10.8 Å². The first-order valence-corrected chi connectivity index (χ1v) is 9.94. The van der Waals surface area contributed by atoms with E-state index in [1.54, 1.807) is 15.5 Å². The van der Waals surface area contributed by atoms with Crippen LogP contribution in [0.2, 0.25) is 0 Å². The molecule has 3 amide bonds. The van der Waals surface area contributed by atoms with Crippen LogP contribution in [0, 0.1) is 5.92 Å². The average Bonchev–Trinajstić information content (AvgIpc) is 3.36. The SMILES string of the molecule is Cn1cccc1C(=O)NCCNC(=O)[C@@H]1CCCN(C(=O)c2cccs2)C1. The molecule has 2 N–H and O–H groups in total. The smallest absolute Gasteiger partial charge is 0.267 e. The molecule has 1 fully saturated rings. The summed E-state index contributed by atoms with van der Waals surface area (Å²) in [6.07, 6.45) is 3.40. The van der Waals surface area contributed by atoms with E-state index in [0.717, 1.165) is 12.8 Å². The molecular formula is C19H24N4O3S. The number of amides is 3. The van der Waals surface area contributed by atoms with Crippen LogP contribution in [0.3, 0.4) is 0 Å². The molecule has 1 saturated heterocycles. The minimum Gasteiger partial charge on any atom is -0.354 e. The third-order valence-electron chi connectivity index (χ3n) is 4.70. The van der Waals surface area contributed by atoms with E-state index in [2.05, 4.69) is 10.6 Å². The normalized spacial score (nSPS) is 16.8. The zero-order chi connectivity index (χ0) is 19.2. The molecule has 27 heavy (non-hydrogen) atoms. The molecule has 3 heterocycles. The summed E-state index contributed by atoms with van der Waals surface area (Å²) in [4.78, 5) is 39.4. The monoisotopic (exact) mass is 388 g/mol. The third-order valence-corrected chi connectivity index (χ3v) is 5.56. The van der Waals surface area contributed by atoms with Crippen molar-refractivity contribution in [2.45, 2.75) is 12.8 Å². The zero-order valence-corrected chi connectivity index (χ0v) is 16.1. The van der Waals surface area contributed by atoms with Crippen molar-refractivity contribution < 1.29 is 14.4 Å². The molecule has 0 aromatic carbocycles. The summed E-state index contributed by atoms with van der Waals surface area (Å²) >= 11 is 1.42. The predicted octanol–water partition coefficient (Wildman–Crippen LogP) is 1.48. The Balaban J connectivity index is 1.42. The van der Waals surface area contributed by atoms with Crippen LogP contribution in [0.15, 0.2) is 35.8 Å². The standard InChI is InChI=1S/C19H24N4O3S/c1-22-10-3-6-15(22)18(25)21-9-8-20-17(24)14-5-2-11-23(13-14)19(26)16-7-4-12-27-16/h3-4,6-7,10,12,14H,2,5,8-9,11,13H2,1H3,(H,20,24)(H,21,25)/t14-/m1/s1. The molecule has 7 nitrogen and oxygen atoms in total. The lowest BCUT2D eigenvalue weighted by Gasteiger charge is -2.31. The van der Waals surface area contributed by atoms with E-state index < -0.39 is 0 Å². The topological polar surface area (TPSA) is 83.4 Å². The number of piperidine rings is 1. The van der Waals surface area contributed by atoms with Gasteiger partial charge >= 0.3 is 0 Å². The quantitative estimate of drug-likeness (QED) is 0.736. The van der Waals surface area contributed by atoms with Crippen molar-refractivity contribution in [3.8, 4) is 0 Å². The molecule has 0 aliphatic carbocycles. The number of carbonyl (C=O) groups is 3. The average molecular weight is 388 g/mol. The Hall–Kier alpha value is -2.61. The predicted molar refractivity (Wildman–Crippen MR) is 104 cm³/mol. The van der Waals surface area contributed by atoms with Gasteiger partial charge in [0.15, 0.2) is 0 Å². The molecule has 0 spiro atoms. The summed E-state index contributed by atoms with van der Waals surface area (Å²) < 4.78 is 1.75. The molecule has 1 aliphatic heterocycles. The Labute approximate surface area is 162 Å². The minimum absolute atomic E-state index is 0.00247. The molecule has 2 aromatic heterocycles. The highest BCUT2D eigenvalue weighted by Gasteiger charge is 2.29. The molecule has 0 saturated carbocycles. The third kappa shape index (κ3) is 4.77. The van der Waals surface area contributed by atoms with Crippen LogP contribution in [0.1, 0.15) is 33.0 Å². The van der Waals surface area contributed by atoms with E-state index in [9.17, 15) is 14.4 Å². The van der Waals surface area contributed by atoms with Gasteiger partial charge in [0.25, 0.3) is 11.8 Å². The molecular weight excluding hydrogens is 364 g/mol. The number of nitrogens with zero attached hydrogens (tertiary/aromatic N) is 2. The number of likely N-dealkylation sites (tertiary alicyclic amines) is 1. The van der Waals surface area contributed by atoms with E-state index in [1.807, 2.05) is 36.8 Å². The summed E-state index contributed by atoms with van der Waals surface area (Å²) in [5.74, 6) is -0.433. The van der Waals surface area contributed by atoms with E-state index in [-0.39, 0.29) is 23.6 Å². The van der Waals surface area contributed by atoms with Crippen molar-refractivity contribution in [3.05, 3.63) is 46.4 Å². The van der Waals surface area contributed by atoms with Gasteiger partial charge in [-0.3, -0.25) is 14.4 Å². The highest BCUT2D eigenvalue weighted by molar-refractivity contribution is 7.12. The van der Waals surface area contributed by atoms with Gasteiger partial charge in [0.1, 0.15) is 5.69 Å². The van der Waals surface area contributed by atoms with Crippen LogP contribution in [-0.4, -0.2) is 53.4 Å². The number of hydrogen-bond acceptors (Lipinski definition) is 4. The fraction of sp³-hybridized carbons (Fsp3) is 0.421. The largest absolute Gasteiger partial charge is 0.354 e. The molecule has 3 rings (SSSR count). The minimum atomic E-state index is -0.203. The van der Waals surface area contributed by atoms with Crippen LogP contribution in [0.4, 0.5) is 0 Å². The first kappa shape index (κ1) is 19.2. The highest BCUT2D eigenvalue weighted by atomic mass is 32.1. The molecule has 1 aliphatic rings. The number of thiophene rings is 1. The summed E-state index contributed by atoms with van der Waals surface area (Å²) in [5, 5.41) is 7.54. The number of rotatable bonds is 6. The van der Waals surface area contributed by atoms with Crippen LogP contribution in [0.25, 0.3) is 0 Å². The molecule has 0 bridgehead atoms. The maximum atomic E-state index is 12.5. The van der Waals surface area contributed by atoms with Gasteiger partial charge in [0, 0.05) is 39.4 Å². The van der Waals surface area contributed by atoms with Crippen molar-refractivity contribution in [1.29, 1.82) is 0 Å². The number of aryl methyl sites for hydroxylation is 1. The second-order valence-corrected chi connectivity index (χ2v) is 7.57. The Kier molecular flexibility index (Phi) is 6.28. The van der Waals surface area contributed by atoms with Gasteiger partial charge < -0.3 is 20.1 Å². The fourth-order valence-corrected chi connectivity index (χ4v) is 3.92. The number of hydrogen-bond donors (Lipinski definition) is 2. The second kappa shape index (κ2) is 8.85. The van der Waals surface area contributed by atoms with Crippen LogP contribution in [0.5, 0.6) is 0 Å². The Morgan fingerprint density at radius 1 is 1.19 bits per heavy atom. The molecule has 144 valence electrons. The van der Waals surface area contributed by atoms with Crippen LogP contribution < -0.4 is 10.6 Å². The Morgan fingerprint density at radius 3 is 2.70 bits per heavy atom. The summed E-state index contributed by atoms with van der Waals surface area (Å²) in [6, 6.07) is 7.22. The first-order chi connectivity index (χ1) is 13.1. The maximum Gasteiger partial charge on any atom is 0.267 e. The summed E-state index contributed by atoms with van der Waals surface area (Å²) in [7, 11) is 1.81. The maximum absolute atomic E-state index is 12.5. The Morgan fingerprint density at radius 2 is 2.00 bits per heavy atom. The van der Waals surface area contributed by atoms with Crippen molar-refractivity contribution in [2.24, 2.45) is 13.0 Å². The number of aromatic nitrogens is 1. The van der Waals surface area contributed by atoms with E-state index in [4.69, 9.17) is 0 Å². The van der Waals surface area contributed by atoms with Gasteiger partial charge in [-0.2, -0.15) is 0 Å². The molecule has 0 unspecified atom stereocenters. The number of nitrogens with one attached hydrogen (secondary N) is 2. The van der Waals surface area contributed by atoms with Crippen molar-refractivity contribution >= 4 is 29.1 Å². The van der Waals surface area contributed by atoms with Gasteiger partial charge in [-0.1, -0.05) is 6.07 Å². The lowest BCUT2D eigenvalue weighted by molar-refractivity contribution is -0.126. The van der Waals surface area contributed by atoms with Crippen LogP contribution in [-0.2, 0) is 11.8 Å². The summed E-state index contributed by atoms with van der Waals surface area (Å²) in [6.45, 7) is 1.86. The molecule has 8 heteroatoms. The zero-order valence-electron chi connectivity index (χ0n) is 15.3. The van der Waals surface area contributed by atoms with E-state index in [1.165, 1.54) is 11.3 Å². The molecule has 0 radical (unpaired) electrons. The second-order valence-electron chi connectivity index (χ2n) is 6.62. The van der Waals surface area contributed by atoms with Gasteiger partial charge in [-0.05, 0) is 36.4 Å². The lowest BCUT2D eigenvalue weighted by atomic mass is 9.97. The van der Waals surface area contributed by atoms with E-state index in [0.29, 0.717) is 36.8 Å². The fourth-order valence-electron chi connectivity index (χ4n) is 3.23. The van der Waals surface area contributed by atoms with Gasteiger partial charge in [-0.25, -0.2) is 0 Å². The summed E-state index contributed by atoms with van der Waals surface area (Å²) in [5.41, 5.74) is 0.580.